The molecule has 4 nitrogen and oxygen atoms in total. The summed E-state index contributed by atoms with van der Waals surface area (Å²) < 4.78 is 0. The molecule has 23 heavy (non-hydrogen) atoms. The summed E-state index contributed by atoms with van der Waals surface area (Å²) in [5.74, 6) is 2.39. The fourth-order valence-electron chi connectivity index (χ4n) is 7.01. The standard InChI is InChI=1S/C19H29NO3/c1-18-8-7-14-12(13(18)5-6-17(18)22)4-3-11-9-16(21)15(20-23)10-19(11,14)2/h11-14,17,22-23H,3-10H2,1-2H3/t11-,12-,13-,14-,17-,18-,19-/m0/s1. The van der Waals surface area contributed by atoms with Crippen molar-refractivity contribution in [1.29, 1.82) is 0 Å². The Morgan fingerprint density at radius 2 is 1.78 bits per heavy atom. The molecule has 0 aliphatic heterocycles. The third-order valence-corrected chi connectivity index (χ3v) is 8.44. The van der Waals surface area contributed by atoms with Crippen molar-refractivity contribution < 1.29 is 15.1 Å². The zero-order valence-corrected chi connectivity index (χ0v) is 14.3. The number of oxime groups is 1. The summed E-state index contributed by atoms with van der Waals surface area (Å²) in [6.07, 6.45) is 7.73. The number of aliphatic hydroxyl groups excluding tert-OH is 1. The number of fused-ring (bicyclic) bond motifs is 5. The summed E-state index contributed by atoms with van der Waals surface area (Å²) >= 11 is 0. The SMILES string of the molecule is C[C@]12CC(=NO)C(=O)C[C@@H]1CC[C@@H]1[C@@H]2CC[C@]2(C)[C@@H](O)CC[C@@H]12. The molecule has 0 aromatic carbocycles. The Labute approximate surface area is 138 Å². The molecular weight excluding hydrogens is 290 g/mol. The molecule has 0 unspecified atom stereocenters. The lowest BCUT2D eigenvalue weighted by molar-refractivity contribution is -0.129. The van der Waals surface area contributed by atoms with Crippen LogP contribution in [0.2, 0.25) is 0 Å². The summed E-state index contributed by atoms with van der Waals surface area (Å²) in [5.41, 5.74) is 0.583. The van der Waals surface area contributed by atoms with Crippen molar-refractivity contribution in [3.05, 3.63) is 0 Å². The Bertz CT molecular complexity index is 559. The van der Waals surface area contributed by atoms with Crippen LogP contribution in [0.25, 0.3) is 0 Å². The van der Waals surface area contributed by atoms with Gasteiger partial charge in [-0.3, -0.25) is 4.79 Å². The maximum absolute atomic E-state index is 12.1. The van der Waals surface area contributed by atoms with E-state index in [4.69, 9.17) is 0 Å². The molecule has 4 heteroatoms. The number of nitrogens with zero attached hydrogens (tertiary/aromatic N) is 1. The van der Waals surface area contributed by atoms with Gasteiger partial charge in [0, 0.05) is 12.8 Å². The zero-order chi connectivity index (χ0) is 16.4. The van der Waals surface area contributed by atoms with Gasteiger partial charge in [0.15, 0.2) is 5.78 Å². The van der Waals surface area contributed by atoms with Gasteiger partial charge in [-0.05, 0) is 73.0 Å². The van der Waals surface area contributed by atoms with Crippen LogP contribution in [0, 0.1) is 34.5 Å². The van der Waals surface area contributed by atoms with Crippen LogP contribution in [0.3, 0.4) is 0 Å². The second kappa shape index (κ2) is 5.05. The maximum Gasteiger partial charge on any atom is 0.180 e. The highest BCUT2D eigenvalue weighted by molar-refractivity contribution is 6.40. The molecule has 0 bridgehead atoms. The lowest BCUT2D eigenvalue weighted by atomic mass is 9.45. The van der Waals surface area contributed by atoms with Crippen LogP contribution in [0.4, 0.5) is 0 Å². The molecule has 0 aromatic heterocycles. The Kier molecular flexibility index (Phi) is 3.43. The molecule has 4 aliphatic carbocycles. The molecule has 0 amide bonds. The lowest BCUT2D eigenvalue weighted by Crippen LogP contribution is -2.55. The molecule has 0 aromatic rings. The highest BCUT2D eigenvalue weighted by atomic mass is 16.4. The monoisotopic (exact) mass is 319 g/mol. The van der Waals surface area contributed by atoms with Gasteiger partial charge in [-0.25, -0.2) is 0 Å². The number of rotatable bonds is 0. The molecule has 0 heterocycles. The Hall–Kier alpha value is -0.900. The summed E-state index contributed by atoms with van der Waals surface area (Å²) in [7, 11) is 0. The quantitative estimate of drug-likeness (QED) is 0.531. The fraction of sp³-hybridized carbons (Fsp3) is 0.895. The predicted molar refractivity (Wildman–Crippen MR) is 87.3 cm³/mol. The number of aliphatic hydroxyl groups is 1. The average Bonchev–Trinajstić information content (AvgIpc) is 2.83. The molecule has 0 radical (unpaired) electrons. The Morgan fingerprint density at radius 3 is 2.52 bits per heavy atom. The maximum atomic E-state index is 12.1. The van der Waals surface area contributed by atoms with Crippen LogP contribution < -0.4 is 0 Å². The number of hydrogen-bond donors (Lipinski definition) is 2. The van der Waals surface area contributed by atoms with E-state index in [9.17, 15) is 15.1 Å². The van der Waals surface area contributed by atoms with Crippen LogP contribution in [0.5, 0.6) is 0 Å². The van der Waals surface area contributed by atoms with Crippen LogP contribution in [0.1, 0.15) is 65.2 Å². The second-order valence-corrected chi connectivity index (χ2v) is 9.15. The van der Waals surface area contributed by atoms with Gasteiger partial charge in [0.25, 0.3) is 0 Å². The molecule has 4 saturated carbocycles. The molecule has 128 valence electrons. The van der Waals surface area contributed by atoms with Gasteiger partial charge >= 0.3 is 0 Å². The molecule has 7 atom stereocenters. The summed E-state index contributed by atoms with van der Waals surface area (Å²) in [6, 6.07) is 0. The number of Topliss-reactive ketones (excluding diaryl/α,β-unsaturated/α-hetero) is 1. The summed E-state index contributed by atoms with van der Waals surface area (Å²) in [5, 5.41) is 23.0. The topological polar surface area (TPSA) is 69.9 Å². The molecule has 0 spiro atoms. The third-order valence-electron chi connectivity index (χ3n) is 8.44. The van der Waals surface area contributed by atoms with Crippen LogP contribution in [-0.4, -0.2) is 27.9 Å². The van der Waals surface area contributed by atoms with Gasteiger partial charge in [-0.2, -0.15) is 0 Å². The largest absolute Gasteiger partial charge is 0.411 e. The molecule has 0 saturated heterocycles. The normalized spacial score (nSPS) is 54.5. The van der Waals surface area contributed by atoms with Crippen molar-refractivity contribution in [2.24, 2.45) is 39.7 Å². The van der Waals surface area contributed by atoms with Crippen molar-refractivity contribution in [3.8, 4) is 0 Å². The molecular formula is C19H29NO3. The van der Waals surface area contributed by atoms with Crippen molar-refractivity contribution in [2.45, 2.75) is 71.3 Å². The minimum absolute atomic E-state index is 0.0466. The van der Waals surface area contributed by atoms with Gasteiger partial charge in [0.1, 0.15) is 5.71 Å². The van der Waals surface area contributed by atoms with E-state index in [1.165, 1.54) is 6.42 Å². The van der Waals surface area contributed by atoms with E-state index in [-0.39, 0.29) is 22.7 Å². The van der Waals surface area contributed by atoms with Gasteiger partial charge < -0.3 is 10.3 Å². The second-order valence-electron chi connectivity index (χ2n) is 9.15. The predicted octanol–water partition coefficient (Wildman–Crippen LogP) is 3.40. The minimum Gasteiger partial charge on any atom is -0.411 e. The van der Waals surface area contributed by atoms with Gasteiger partial charge in [-0.15, -0.1) is 0 Å². The number of carbonyl (C=O) groups excluding carboxylic acids is 1. The smallest absolute Gasteiger partial charge is 0.180 e. The number of hydrogen-bond acceptors (Lipinski definition) is 4. The van der Waals surface area contributed by atoms with Crippen LogP contribution in [-0.2, 0) is 4.79 Å². The van der Waals surface area contributed by atoms with Gasteiger partial charge in [-0.1, -0.05) is 19.0 Å². The van der Waals surface area contributed by atoms with E-state index in [0.717, 1.165) is 32.1 Å². The first-order valence-electron chi connectivity index (χ1n) is 9.32. The molecule has 4 aliphatic rings. The van der Waals surface area contributed by atoms with E-state index in [1.54, 1.807) is 0 Å². The van der Waals surface area contributed by atoms with Crippen molar-refractivity contribution in [1.82, 2.24) is 0 Å². The number of carbonyl (C=O) groups is 1. The first-order chi connectivity index (χ1) is 10.9. The lowest BCUT2D eigenvalue weighted by Gasteiger charge is -2.59. The van der Waals surface area contributed by atoms with Crippen molar-refractivity contribution in [3.63, 3.8) is 0 Å². The van der Waals surface area contributed by atoms with E-state index in [2.05, 4.69) is 19.0 Å². The van der Waals surface area contributed by atoms with E-state index >= 15 is 0 Å². The molecule has 2 N–H and O–H groups in total. The highest BCUT2D eigenvalue weighted by Gasteiger charge is 2.60. The average molecular weight is 319 g/mol. The van der Waals surface area contributed by atoms with Crippen molar-refractivity contribution >= 4 is 11.5 Å². The fourth-order valence-corrected chi connectivity index (χ4v) is 7.01. The van der Waals surface area contributed by atoms with E-state index in [0.29, 0.717) is 42.2 Å². The van der Waals surface area contributed by atoms with Gasteiger partial charge in [0.2, 0.25) is 0 Å². The third kappa shape index (κ3) is 2.00. The molecule has 4 fully saturated rings. The summed E-state index contributed by atoms with van der Waals surface area (Å²) in [6.45, 7) is 4.63. The zero-order valence-electron chi connectivity index (χ0n) is 14.3. The van der Waals surface area contributed by atoms with Crippen molar-refractivity contribution in [2.75, 3.05) is 0 Å². The number of ketones is 1. The first kappa shape index (κ1) is 15.6. The van der Waals surface area contributed by atoms with Crippen LogP contribution >= 0.6 is 0 Å². The highest BCUT2D eigenvalue weighted by Crippen LogP contribution is 2.65. The Balaban J connectivity index is 1.66. The van der Waals surface area contributed by atoms with Crippen LogP contribution in [0.15, 0.2) is 5.16 Å². The van der Waals surface area contributed by atoms with Gasteiger partial charge in [0.05, 0.1) is 6.10 Å². The van der Waals surface area contributed by atoms with E-state index < -0.39 is 0 Å². The Morgan fingerprint density at radius 1 is 1.04 bits per heavy atom. The van der Waals surface area contributed by atoms with E-state index in [1.807, 2.05) is 0 Å². The molecule has 4 rings (SSSR count). The summed E-state index contributed by atoms with van der Waals surface area (Å²) in [4.78, 5) is 12.1. The minimum atomic E-state index is -0.138. The first-order valence-corrected chi connectivity index (χ1v) is 9.32.